The van der Waals surface area contributed by atoms with Gasteiger partial charge in [0.05, 0.1) is 11.9 Å². The molecule has 2 aromatic carbocycles. The molecule has 0 bridgehead atoms. The van der Waals surface area contributed by atoms with Gasteiger partial charge in [0.15, 0.2) is 5.78 Å². The largest absolute Gasteiger partial charge is 0.545 e. The molecule has 2 rings (SSSR count). The van der Waals surface area contributed by atoms with Crippen molar-refractivity contribution in [3.05, 3.63) is 70.8 Å². The molecule has 0 aliphatic heterocycles. The second-order valence-electron chi connectivity index (χ2n) is 4.03. The summed E-state index contributed by atoms with van der Waals surface area (Å²) >= 11 is 0. The maximum absolute atomic E-state index is 12.2. The summed E-state index contributed by atoms with van der Waals surface area (Å²) in [6, 6.07) is 10.7. The van der Waals surface area contributed by atoms with E-state index in [1.807, 2.05) is 0 Å². The van der Waals surface area contributed by atoms with E-state index in [-0.39, 0.29) is 22.3 Å². The molecule has 0 N–H and O–H groups in total. The summed E-state index contributed by atoms with van der Waals surface area (Å²) < 4.78 is 0. The Morgan fingerprint density at radius 1 is 0.650 bits per heavy atom. The summed E-state index contributed by atoms with van der Waals surface area (Å²) in [4.78, 5) is 33.8. The molecule has 0 saturated carbocycles. The third-order valence-electron chi connectivity index (χ3n) is 2.77. The zero-order valence-corrected chi connectivity index (χ0v) is 10.2. The molecular formula is C15H8O5-2. The van der Waals surface area contributed by atoms with Gasteiger partial charge < -0.3 is 19.8 Å². The highest BCUT2D eigenvalue weighted by Crippen LogP contribution is 2.15. The summed E-state index contributed by atoms with van der Waals surface area (Å²) in [6.45, 7) is 0. The first kappa shape index (κ1) is 13.5. The molecule has 0 radical (unpaired) electrons. The van der Waals surface area contributed by atoms with Crippen molar-refractivity contribution in [3.63, 3.8) is 0 Å². The van der Waals surface area contributed by atoms with Gasteiger partial charge in [-0.2, -0.15) is 0 Å². The molecule has 0 aromatic heterocycles. The van der Waals surface area contributed by atoms with Gasteiger partial charge in [-0.05, 0) is 5.56 Å². The van der Waals surface area contributed by atoms with E-state index in [0.29, 0.717) is 0 Å². The molecule has 0 aliphatic carbocycles. The van der Waals surface area contributed by atoms with Crippen LogP contribution < -0.4 is 10.2 Å². The minimum atomic E-state index is -1.44. The topological polar surface area (TPSA) is 97.3 Å². The van der Waals surface area contributed by atoms with Crippen molar-refractivity contribution in [1.82, 2.24) is 0 Å². The Balaban J connectivity index is 2.41. The van der Waals surface area contributed by atoms with E-state index in [1.54, 1.807) is 0 Å². The molecule has 20 heavy (non-hydrogen) atoms. The van der Waals surface area contributed by atoms with E-state index >= 15 is 0 Å². The Morgan fingerprint density at radius 2 is 1.15 bits per heavy atom. The summed E-state index contributed by atoms with van der Waals surface area (Å²) in [5.74, 6) is -3.31. The third-order valence-corrected chi connectivity index (χ3v) is 2.77. The smallest absolute Gasteiger partial charge is 0.193 e. The van der Waals surface area contributed by atoms with Crippen LogP contribution in [0.3, 0.4) is 0 Å². The lowest BCUT2D eigenvalue weighted by Gasteiger charge is -2.09. The number of carboxylic acids is 2. The van der Waals surface area contributed by atoms with E-state index in [9.17, 15) is 24.6 Å². The normalized spacial score (nSPS) is 10.0. The fourth-order valence-electron chi connectivity index (χ4n) is 1.77. The van der Waals surface area contributed by atoms with Crippen LogP contribution in [-0.2, 0) is 0 Å². The molecule has 2 aromatic rings. The van der Waals surface area contributed by atoms with E-state index in [2.05, 4.69) is 0 Å². The van der Waals surface area contributed by atoms with Crippen LogP contribution in [0.5, 0.6) is 0 Å². The molecule has 100 valence electrons. The van der Waals surface area contributed by atoms with Crippen LogP contribution in [0.2, 0.25) is 0 Å². The van der Waals surface area contributed by atoms with Crippen molar-refractivity contribution in [2.75, 3.05) is 0 Å². The predicted octanol–water partition coefficient (Wildman–Crippen LogP) is -0.355. The third kappa shape index (κ3) is 2.56. The average molecular weight is 268 g/mol. The van der Waals surface area contributed by atoms with Crippen molar-refractivity contribution >= 4 is 17.7 Å². The van der Waals surface area contributed by atoms with Crippen molar-refractivity contribution in [2.45, 2.75) is 0 Å². The van der Waals surface area contributed by atoms with E-state index < -0.39 is 17.7 Å². The van der Waals surface area contributed by atoms with Crippen molar-refractivity contribution in [1.29, 1.82) is 0 Å². The van der Waals surface area contributed by atoms with Gasteiger partial charge in [0.25, 0.3) is 0 Å². The van der Waals surface area contributed by atoms with Gasteiger partial charge in [0, 0.05) is 16.7 Å². The summed E-state index contributed by atoms with van der Waals surface area (Å²) in [6.07, 6.45) is 0. The molecule has 0 fully saturated rings. The molecule has 0 spiro atoms. The van der Waals surface area contributed by atoms with Gasteiger partial charge in [0.1, 0.15) is 0 Å². The maximum Gasteiger partial charge on any atom is 0.193 e. The van der Waals surface area contributed by atoms with E-state index in [1.165, 1.54) is 48.5 Å². The molecule has 5 nitrogen and oxygen atoms in total. The summed E-state index contributed by atoms with van der Waals surface area (Å²) in [5.41, 5.74) is -0.0892. The van der Waals surface area contributed by atoms with E-state index in [0.717, 1.165) is 0 Å². The summed E-state index contributed by atoms with van der Waals surface area (Å²) in [7, 11) is 0. The molecule has 0 unspecified atom stereocenters. The highest BCUT2D eigenvalue weighted by molar-refractivity contribution is 6.14. The van der Waals surface area contributed by atoms with Crippen LogP contribution in [0.4, 0.5) is 0 Å². The van der Waals surface area contributed by atoms with Crippen LogP contribution in [0, 0.1) is 0 Å². The molecule has 0 saturated heterocycles. The fourth-order valence-corrected chi connectivity index (χ4v) is 1.77. The number of carbonyl (C=O) groups excluding carboxylic acids is 3. The van der Waals surface area contributed by atoms with Gasteiger partial charge in [0.2, 0.25) is 0 Å². The lowest BCUT2D eigenvalue weighted by Crippen LogP contribution is -2.25. The number of rotatable bonds is 4. The first-order chi connectivity index (χ1) is 9.50. The molecule has 5 heteroatoms. The Morgan fingerprint density at radius 3 is 1.65 bits per heavy atom. The Kier molecular flexibility index (Phi) is 3.61. The highest BCUT2D eigenvalue weighted by Gasteiger charge is 2.13. The zero-order valence-electron chi connectivity index (χ0n) is 10.2. The van der Waals surface area contributed by atoms with Gasteiger partial charge in [-0.25, -0.2) is 0 Å². The highest BCUT2D eigenvalue weighted by atomic mass is 16.4. The zero-order chi connectivity index (χ0) is 14.7. The van der Waals surface area contributed by atoms with Crippen molar-refractivity contribution in [3.8, 4) is 0 Å². The maximum atomic E-state index is 12.2. The van der Waals surface area contributed by atoms with Gasteiger partial charge >= 0.3 is 0 Å². The van der Waals surface area contributed by atoms with Crippen molar-refractivity contribution in [2.24, 2.45) is 0 Å². The number of hydrogen-bond acceptors (Lipinski definition) is 5. The molecule has 0 aliphatic rings. The number of hydrogen-bond donors (Lipinski definition) is 0. The van der Waals surface area contributed by atoms with Gasteiger partial charge in [-0.3, -0.25) is 4.79 Å². The van der Waals surface area contributed by atoms with Crippen LogP contribution in [-0.4, -0.2) is 17.7 Å². The van der Waals surface area contributed by atoms with Gasteiger partial charge in [-0.15, -0.1) is 0 Å². The van der Waals surface area contributed by atoms with Crippen LogP contribution in [0.15, 0.2) is 48.5 Å². The van der Waals surface area contributed by atoms with Crippen LogP contribution in [0.25, 0.3) is 0 Å². The number of ketones is 1. The fraction of sp³-hybridized carbons (Fsp3) is 0. The lowest BCUT2D eigenvalue weighted by molar-refractivity contribution is -0.256. The molecular weight excluding hydrogens is 260 g/mol. The van der Waals surface area contributed by atoms with E-state index in [4.69, 9.17) is 0 Å². The van der Waals surface area contributed by atoms with Crippen LogP contribution >= 0.6 is 0 Å². The number of carboxylic acid groups (broad SMARTS) is 2. The lowest BCUT2D eigenvalue weighted by atomic mass is 9.98. The molecule has 0 amide bonds. The summed E-state index contributed by atoms with van der Waals surface area (Å²) in [5, 5.41) is 21.6. The van der Waals surface area contributed by atoms with Crippen LogP contribution in [0.1, 0.15) is 36.6 Å². The monoisotopic (exact) mass is 268 g/mol. The second kappa shape index (κ2) is 5.36. The SMILES string of the molecule is O=C([O-])c1ccc(C(=O)c2ccccc2C(=O)[O-])cc1. The first-order valence-corrected chi connectivity index (χ1v) is 5.67. The van der Waals surface area contributed by atoms with Crippen molar-refractivity contribution < 1.29 is 24.6 Å². The number of aromatic carboxylic acids is 2. The Labute approximate surface area is 114 Å². The minimum absolute atomic E-state index is 0.00583. The molecule has 0 atom stereocenters. The predicted molar refractivity (Wildman–Crippen MR) is 65.0 cm³/mol. The first-order valence-electron chi connectivity index (χ1n) is 5.67. The minimum Gasteiger partial charge on any atom is -0.545 e. The average Bonchev–Trinajstić information content (AvgIpc) is 2.46. The number of carbonyl (C=O) groups is 3. The second-order valence-corrected chi connectivity index (χ2v) is 4.03. The molecule has 0 heterocycles. The standard InChI is InChI=1S/C15H10O5/c16-13(9-5-7-10(8-6-9)14(17)18)11-3-1-2-4-12(11)15(19)20/h1-8H,(H,17,18)(H,19,20)/p-2. The Bertz CT molecular complexity index is 686. The quantitative estimate of drug-likeness (QED) is 0.705. The number of benzene rings is 2. The Hall–Kier alpha value is -2.95. The van der Waals surface area contributed by atoms with Gasteiger partial charge in [-0.1, -0.05) is 48.5 Å².